The molecular weight excluding hydrogens is 272 g/mol. The van der Waals surface area contributed by atoms with Crippen molar-refractivity contribution in [2.45, 2.75) is 57.6 Å². The Morgan fingerprint density at radius 3 is 2.52 bits per heavy atom. The third kappa shape index (κ3) is 3.43. The third-order valence-electron chi connectivity index (χ3n) is 4.60. The van der Waals surface area contributed by atoms with Gasteiger partial charge in [0.2, 0.25) is 0 Å². The van der Waals surface area contributed by atoms with Gasteiger partial charge >= 0.3 is 0 Å². The summed E-state index contributed by atoms with van der Waals surface area (Å²) in [5.41, 5.74) is 0.574. The second-order valence-corrected chi connectivity index (χ2v) is 6.05. The van der Waals surface area contributed by atoms with Crippen LogP contribution in [0.1, 0.15) is 56.2 Å². The molecule has 1 saturated carbocycles. The van der Waals surface area contributed by atoms with Gasteiger partial charge in [-0.1, -0.05) is 19.1 Å². The molecule has 0 aromatic heterocycles. The van der Waals surface area contributed by atoms with E-state index < -0.39 is 11.6 Å². The maximum atomic E-state index is 14.3. The maximum Gasteiger partial charge on any atom is 0.163 e. The largest absolute Gasteiger partial charge is 0.378 e. The fourth-order valence-electron chi connectivity index (χ4n) is 2.98. The number of rotatable bonds is 7. The first-order chi connectivity index (χ1) is 10.0. The third-order valence-corrected chi connectivity index (χ3v) is 4.60. The highest BCUT2D eigenvalue weighted by molar-refractivity contribution is 5.28. The quantitative estimate of drug-likeness (QED) is 0.811. The fourth-order valence-corrected chi connectivity index (χ4v) is 2.98. The van der Waals surface area contributed by atoms with Crippen molar-refractivity contribution in [3.63, 3.8) is 0 Å². The molecule has 0 spiro atoms. The Morgan fingerprint density at radius 1 is 1.29 bits per heavy atom. The second kappa shape index (κ2) is 6.84. The lowest BCUT2D eigenvalue weighted by molar-refractivity contribution is -0.0840. The molecule has 0 amide bonds. The van der Waals surface area contributed by atoms with Crippen LogP contribution < -0.4 is 5.32 Å². The van der Waals surface area contributed by atoms with Crippen molar-refractivity contribution in [3.8, 4) is 0 Å². The van der Waals surface area contributed by atoms with E-state index in [1.165, 1.54) is 0 Å². The Bertz CT molecular complexity index is 480. The SMILES string of the molecule is CCCNC(CC1(OC)CCC1)c1ccc(C)c(F)c1F. The number of methoxy groups -OCH3 is 1. The van der Waals surface area contributed by atoms with E-state index in [0.29, 0.717) is 17.5 Å². The Labute approximate surface area is 125 Å². The van der Waals surface area contributed by atoms with E-state index in [9.17, 15) is 8.78 Å². The summed E-state index contributed by atoms with van der Waals surface area (Å²) in [5, 5.41) is 3.34. The summed E-state index contributed by atoms with van der Waals surface area (Å²) in [6.07, 6.45) is 4.75. The van der Waals surface area contributed by atoms with Crippen molar-refractivity contribution in [2.24, 2.45) is 0 Å². The summed E-state index contributed by atoms with van der Waals surface area (Å²) in [6, 6.07) is 3.14. The van der Waals surface area contributed by atoms with Crippen LogP contribution in [0, 0.1) is 18.6 Å². The predicted molar refractivity (Wildman–Crippen MR) is 80.3 cm³/mol. The molecule has 0 aliphatic heterocycles. The van der Waals surface area contributed by atoms with Crippen molar-refractivity contribution in [2.75, 3.05) is 13.7 Å². The van der Waals surface area contributed by atoms with Crippen LogP contribution >= 0.6 is 0 Å². The molecule has 21 heavy (non-hydrogen) atoms. The normalized spacial score (nSPS) is 18.3. The van der Waals surface area contributed by atoms with Gasteiger partial charge in [-0.05, 0) is 51.1 Å². The Balaban J connectivity index is 2.25. The first-order valence-electron chi connectivity index (χ1n) is 7.76. The minimum Gasteiger partial charge on any atom is -0.378 e. The molecule has 1 aliphatic carbocycles. The molecule has 4 heteroatoms. The lowest BCUT2D eigenvalue weighted by Crippen LogP contribution is -2.43. The molecule has 0 saturated heterocycles. The van der Waals surface area contributed by atoms with Crippen LogP contribution in [0.5, 0.6) is 0 Å². The van der Waals surface area contributed by atoms with Gasteiger partial charge in [0.05, 0.1) is 5.60 Å². The summed E-state index contributed by atoms with van der Waals surface area (Å²) in [7, 11) is 1.71. The van der Waals surface area contributed by atoms with Gasteiger partial charge in [0.15, 0.2) is 11.6 Å². The van der Waals surface area contributed by atoms with Gasteiger partial charge in [0.1, 0.15) is 0 Å². The van der Waals surface area contributed by atoms with E-state index in [-0.39, 0.29) is 11.6 Å². The first-order valence-corrected chi connectivity index (χ1v) is 7.76. The number of hydrogen-bond donors (Lipinski definition) is 1. The molecule has 1 N–H and O–H groups in total. The number of halogens is 2. The van der Waals surface area contributed by atoms with Crippen molar-refractivity contribution in [1.29, 1.82) is 0 Å². The van der Waals surface area contributed by atoms with Gasteiger partial charge in [0.25, 0.3) is 0 Å². The molecule has 1 aromatic carbocycles. The topological polar surface area (TPSA) is 21.3 Å². The lowest BCUT2D eigenvalue weighted by atomic mass is 9.74. The van der Waals surface area contributed by atoms with E-state index in [4.69, 9.17) is 4.74 Å². The second-order valence-electron chi connectivity index (χ2n) is 6.05. The highest BCUT2D eigenvalue weighted by atomic mass is 19.2. The average molecular weight is 297 g/mol. The number of aryl methyl sites for hydroxylation is 1. The van der Waals surface area contributed by atoms with Crippen LogP contribution in [0.2, 0.25) is 0 Å². The molecule has 2 nitrogen and oxygen atoms in total. The molecule has 0 bridgehead atoms. The van der Waals surface area contributed by atoms with Crippen LogP contribution in [-0.4, -0.2) is 19.3 Å². The standard InChI is InChI=1S/C17H25F2NO/c1-4-10-20-14(11-17(21-3)8-5-9-17)13-7-6-12(2)15(18)16(13)19/h6-7,14,20H,4-5,8-11H2,1-3H3. The summed E-state index contributed by atoms with van der Waals surface area (Å²) in [5.74, 6) is -1.47. The summed E-state index contributed by atoms with van der Waals surface area (Å²) < 4.78 is 33.8. The van der Waals surface area contributed by atoms with Gasteiger partial charge in [-0.3, -0.25) is 0 Å². The van der Waals surface area contributed by atoms with Crippen molar-refractivity contribution >= 4 is 0 Å². The molecule has 0 radical (unpaired) electrons. The van der Waals surface area contributed by atoms with Crippen LogP contribution in [0.15, 0.2) is 12.1 Å². The Hall–Kier alpha value is -1.00. The molecule has 1 aliphatic rings. The molecule has 0 heterocycles. The zero-order valence-corrected chi connectivity index (χ0v) is 13.1. The van der Waals surface area contributed by atoms with Crippen molar-refractivity contribution in [1.82, 2.24) is 5.32 Å². The summed E-state index contributed by atoms with van der Waals surface area (Å²) >= 11 is 0. The fraction of sp³-hybridized carbons (Fsp3) is 0.647. The zero-order chi connectivity index (χ0) is 15.5. The van der Waals surface area contributed by atoms with Crippen LogP contribution in [-0.2, 0) is 4.74 Å². The van der Waals surface area contributed by atoms with Gasteiger partial charge in [-0.15, -0.1) is 0 Å². The van der Waals surface area contributed by atoms with E-state index in [2.05, 4.69) is 12.2 Å². The minimum atomic E-state index is -0.740. The van der Waals surface area contributed by atoms with E-state index in [1.807, 2.05) is 0 Å². The van der Waals surface area contributed by atoms with Crippen molar-refractivity contribution in [3.05, 3.63) is 34.9 Å². The number of nitrogens with one attached hydrogen (secondary N) is 1. The highest BCUT2D eigenvalue weighted by Gasteiger charge is 2.40. The lowest BCUT2D eigenvalue weighted by Gasteiger charge is -2.43. The first kappa shape index (κ1) is 16.4. The zero-order valence-electron chi connectivity index (χ0n) is 13.1. The Kier molecular flexibility index (Phi) is 5.33. The van der Waals surface area contributed by atoms with Gasteiger partial charge in [-0.2, -0.15) is 0 Å². The average Bonchev–Trinajstić information content (AvgIpc) is 2.44. The Morgan fingerprint density at radius 2 is 2.00 bits per heavy atom. The van der Waals surface area contributed by atoms with Gasteiger partial charge in [-0.25, -0.2) is 8.78 Å². The van der Waals surface area contributed by atoms with Crippen LogP contribution in [0.4, 0.5) is 8.78 Å². The highest BCUT2D eigenvalue weighted by Crippen LogP contribution is 2.42. The number of benzene rings is 1. The monoisotopic (exact) mass is 297 g/mol. The molecular formula is C17H25F2NO. The molecule has 1 unspecified atom stereocenters. The molecule has 118 valence electrons. The molecule has 1 fully saturated rings. The molecule has 1 atom stereocenters. The van der Waals surface area contributed by atoms with Gasteiger partial charge in [0, 0.05) is 18.7 Å². The van der Waals surface area contributed by atoms with Crippen molar-refractivity contribution < 1.29 is 13.5 Å². The van der Waals surface area contributed by atoms with E-state index in [0.717, 1.165) is 32.2 Å². The van der Waals surface area contributed by atoms with Gasteiger partial charge < -0.3 is 10.1 Å². The molecule has 2 rings (SSSR count). The van der Waals surface area contributed by atoms with Crippen LogP contribution in [0.3, 0.4) is 0 Å². The summed E-state index contributed by atoms with van der Waals surface area (Å²) in [6.45, 7) is 4.42. The molecule has 1 aromatic rings. The number of ether oxygens (including phenoxy) is 1. The van der Waals surface area contributed by atoms with E-state index in [1.54, 1.807) is 26.2 Å². The van der Waals surface area contributed by atoms with Crippen LogP contribution in [0.25, 0.3) is 0 Å². The predicted octanol–water partition coefficient (Wildman–Crippen LogP) is 4.27. The maximum absolute atomic E-state index is 14.3. The minimum absolute atomic E-state index is 0.181. The summed E-state index contributed by atoms with van der Waals surface area (Å²) in [4.78, 5) is 0. The number of hydrogen-bond acceptors (Lipinski definition) is 2. The van der Waals surface area contributed by atoms with E-state index >= 15 is 0 Å². The smallest absolute Gasteiger partial charge is 0.163 e.